The maximum absolute atomic E-state index is 11.5. The van der Waals surface area contributed by atoms with Crippen molar-refractivity contribution < 1.29 is 8.42 Å². The van der Waals surface area contributed by atoms with E-state index in [-0.39, 0.29) is 11.8 Å². The first-order valence-electron chi connectivity index (χ1n) is 6.46. The third-order valence-electron chi connectivity index (χ3n) is 2.81. The van der Waals surface area contributed by atoms with Gasteiger partial charge in [-0.2, -0.15) is 0 Å². The van der Waals surface area contributed by atoms with E-state index >= 15 is 0 Å². The van der Waals surface area contributed by atoms with Gasteiger partial charge in [-0.15, -0.1) is 0 Å². The van der Waals surface area contributed by atoms with Crippen LogP contribution < -0.4 is 5.32 Å². The molecule has 0 amide bonds. The molecule has 0 heterocycles. The van der Waals surface area contributed by atoms with Gasteiger partial charge in [0.1, 0.15) is 9.84 Å². The molecule has 3 nitrogen and oxygen atoms in total. The van der Waals surface area contributed by atoms with Crippen LogP contribution in [0.5, 0.6) is 0 Å². The standard InChI is InChI=1S/C14H23NO2S/c1-4-7-12-8-6-9-13(10-12)14(15-5-2)11-18(3,16)17/h6,8-10,14-15H,4-5,7,11H2,1-3H3. The molecule has 0 radical (unpaired) electrons. The van der Waals surface area contributed by atoms with Gasteiger partial charge < -0.3 is 5.32 Å². The molecule has 0 bridgehead atoms. The zero-order valence-electron chi connectivity index (χ0n) is 11.4. The Morgan fingerprint density at radius 3 is 2.56 bits per heavy atom. The van der Waals surface area contributed by atoms with Gasteiger partial charge in [0.15, 0.2) is 0 Å². The SMILES string of the molecule is CCCc1cccc(C(CS(C)(=O)=O)NCC)c1. The second-order valence-corrected chi connectivity index (χ2v) is 6.88. The van der Waals surface area contributed by atoms with Crippen molar-refractivity contribution in [1.82, 2.24) is 5.32 Å². The van der Waals surface area contributed by atoms with Crippen molar-refractivity contribution in [1.29, 1.82) is 0 Å². The van der Waals surface area contributed by atoms with E-state index in [9.17, 15) is 8.42 Å². The number of aryl methyl sites for hydroxylation is 1. The fraction of sp³-hybridized carbons (Fsp3) is 0.571. The molecule has 0 fully saturated rings. The Morgan fingerprint density at radius 2 is 2.00 bits per heavy atom. The van der Waals surface area contributed by atoms with Crippen LogP contribution in [-0.2, 0) is 16.3 Å². The highest BCUT2D eigenvalue weighted by molar-refractivity contribution is 7.90. The highest BCUT2D eigenvalue weighted by atomic mass is 32.2. The van der Waals surface area contributed by atoms with Crippen LogP contribution in [-0.4, -0.2) is 27.0 Å². The summed E-state index contributed by atoms with van der Waals surface area (Å²) >= 11 is 0. The lowest BCUT2D eigenvalue weighted by molar-refractivity contribution is 0.563. The van der Waals surface area contributed by atoms with Crippen LogP contribution >= 0.6 is 0 Å². The first-order chi connectivity index (χ1) is 8.46. The topological polar surface area (TPSA) is 46.2 Å². The Bertz CT molecular complexity index is 468. The van der Waals surface area contributed by atoms with Crippen molar-refractivity contribution >= 4 is 9.84 Å². The van der Waals surface area contributed by atoms with Crippen molar-refractivity contribution in [3.8, 4) is 0 Å². The van der Waals surface area contributed by atoms with E-state index in [0.29, 0.717) is 0 Å². The summed E-state index contributed by atoms with van der Waals surface area (Å²) in [4.78, 5) is 0. The molecular formula is C14H23NO2S. The number of hydrogen-bond acceptors (Lipinski definition) is 3. The first kappa shape index (κ1) is 15.2. The minimum Gasteiger partial charge on any atom is -0.309 e. The summed E-state index contributed by atoms with van der Waals surface area (Å²) in [7, 11) is -2.98. The van der Waals surface area contributed by atoms with Gasteiger partial charge in [0.25, 0.3) is 0 Å². The molecule has 0 aliphatic carbocycles. The molecule has 0 saturated heterocycles. The van der Waals surface area contributed by atoms with Crippen LogP contribution in [0.3, 0.4) is 0 Å². The molecule has 1 unspecified atom stereocenters. The lowest BCUT2D eigenvalue weighted by Crippen LogP contribution is -2.27. The van der Waals surface area contributed by atoms with E-state index in [2.05, 4.69) is 24.4 Å². The van der Waals surface area contributed by atoms with Gasteiger partial charge in [0.2, 0.25) is 0 Å². The molecule has 0 saturated carbocycles. The van der Waals surface area contributed by atoms with Crippen molar-refractivity contribution in [2.24, 2.45) is 0 Å². The van der Waals surface area contributed by atoms with Gasteiger partial charge in [-0.1, -0.05) is 44.5 Å². The van der Waals surface area contributed by atoms with Gasteiger partial charge >= 0.3 is 0 Å². The lowest BCUT2D eigenvalue weighted by atomic mass is 10.0. The molecule has 0 spiro atoms. The molecule has 4 heteroatoms. The highest BCUT2D eigenvalue weighted by Gasteiger charge is 2.16. The Labute approximate surface area is 111 Å². The number of benzene rings is 1. The number of hydrogen-bond donors (Lipinski definition) is 1. The third kappa shape index (κ3) is 5.19. The molecule has 1 rings (SSSR count). The summed E-state index contributed by atoms with van der Waals surface area (Å²) in [6, 6.07) is 8.10. The number of rotatable bonds is 7. The molecule has 0 aliphatic heterocycles. The van der Waals surface area contributed by atoms with Crippen LogP contribution in [0.4, 0.5) is 0 Å². The van der Waals surface area contributed by atoms with E-state index in [0.717, 1.165) is 24.9 Å². The fourth-order valence-electron chi connectivity index (χ4n) is 2.08. The normalized spacial score (nSPS) is 13.5. The van der Waals surface area contributed by atoms with E-state index < -0.39 is 9.84 Å². The van der Waals surface area contributed by atoms with E-state index in [4.69, 9.17) is 0 Å². The second-order valence-electron chi connectivity index (χ2n) is 4.70. The Hall–Kier alpha value is -0.870. The van der Waals surface area contributed by atoms with Crippen molar-refractivity contribution in [3.05, 3.63) is 35.4 Å². The average Bonchev–Trinajstić information content (AvgIpc) is 2.28. The summed E-state index contributed by atoms with van der Waals surface area (Å²) in [5.41, 5.74) is 2.33. The van der Waals surface area contributed by atoms with Crippen molar-refractivity contribution in [2.75, 3.05) is 18.6 Å². The molecular weight excluding hydrogens is 246 g/mol. The van der Waals surface area contributed by atoms with Crippen molar-refractivity contribution in [2.45, 2.75) is 32.7 Å². The maximum atomic E-state index is 11.5. The predicted molar refractivity (Wildman–Crippen MR) is 76.6 cm³/mol. The van der Waals surface area contributed by atoms with Crippen molar-refractivity contribution in [3.63, 3.8) is 0 Å². The quantitative estimate of drug-likeness (QED) is 0.826. The van der Waals surface area contributed by atoms with Gasteiger partial charge in [-0.3, -0.25) is 0 Å². The summed E-state index contributed by atoms with van der Waals surface area (Å²) < 4.78 is 22.9. The molecule has 102 valence electrons. The van der Waals surface area contributed by atoms with Crippen LogP contribution in [0, 0.1) is 0 Å². The molecule has 1 N–H and O–H groups in total. The number of sulfone groups is 1. The molecule has 1 aromatic carbocycles. The molecule has 18 heavy (non-hydrogen) atoms. The van der Waals surface area contributed by atoms with Gasteiger partial charge in [-0.25, -0.2) is 8.42 Å². The Kier molecular flexibility index (Phi) is 5.82. The largest absolute Gasteiger partial charge is 0.309 e. The van der Waals surface area contributed by atoms with Gasteiger partial charge in [-0.05, 0) is 24.1 Å². The van der Waals surface area contributed by atoms with E-state index in [1.807, 2.05) is 19.1 Å². The molecule has 1 atom stereocenters. The van der Waals surface area contributed by atoms with E-state index in [1.54, 1.807) is 0 Å². The zero-order valence-corrected chi connectivity index (χ0v) is 12.3. The average molecular weight is 269 g/mol. The van der Waals surface area contributed by atoms with Gasteiger partial charge in [0, 0.05) is 12.3 Å². The minimum atomic E-state index is -2.98. The number of nitrogens with one attached hydrogen (secondary N) is 1. The zero-order chi connectivity index (χ0) is 13.6. The lowest BCUT2D eigenvalue weighted by Gasteiger charge is -2.18. The van der Waals surface area contributed by atoms with E-state index in [1.165, 1.54) is 11.8 Å². The minimum absolute atomic E-state index is 0.109. The predicted octanol–water partition coefficient (Wildman–Crippen LogP) is 2.33. The van der Waals surface area contributed by atoms with Crippen LogP contribution in [0.1, 0.15) is 37.4 Å². The Morgan fingerprint density at radius 1 is 1.28 bits per heavy atom. The smallest absolute Gasteiger partial charge is 0.149 e. The second kappa shape index (κ2) is 6.90. The van der Waals surface area contributed by atoms with Crippen LogP contribution in [0.2, 0.25) is 0 Å². The monoisotopic (exact) mass is 269 g/mol. The van der Waals surface area contributed by atoms with Crippen LogP contribution in [0.25, 0.3) is 0 Å². The summed E-state index contributed by atoms with van der Waals surface area (Å²) in [5.74, 6) is 0.149. The van der Waals surface area contributed by atoms with Gasteiger partial charge in [0.05, 0.1) is 5.75 Å². The molecule has 0 aromatic heterocycles. The van der Waals surface area contributed by atoms with Crippen LogP contribution in [0.15, 0.2) is 24.3 Å². The molecule has 0 aliphatic rings. The Balaban J connectivity index is 2.94. The maximum Gasteiger partial charge on any atom is 0.149 e. The molecule has 1 aromatic rings. The summed E-state index contributed by atoms with van der Waals surface area (Å²) in [6.45, 7) is 4.90. The first-order valence-corrected chi connectivity index (χ1v) is 8.52. The fourth-order valence-corrected chi connectivity index (χ4v) is 2.99. The third-order valence-corrected chi connectivity index (χ3v) is 3.75. The highest BCUT2D eigenvalue weighted by Crippen LogP contribution is 2.17. The summed E-state index contributed by atoms with van der Waals surface area (Å²) in [6.07, 6.45) is 3.42. The summed E-state index contributed by atoms with van der Waals surface area (Å²) in [5, 5.41) is 3.25.